The van der Waals surface area contributed by atoms with E-state index in [0.29, 0.717) is 4.70 Å². The van der Waals surface area contributed by atoms with Gasteiger partial charge in [-0.25, -0.2) is 13.1 Å². The van der Waals surface area contributed by atoms with Gasteiger partial charge in [-0.2, -0.15) is 0 Å². The van der Waals surface area contributed by atoms with Gasteiger partial charge in [-0.05, 0) is 55.3 Å². The summed E-state index contributed by atoms with van der Waals surface area (Å²) in [6.07, 6.45) is 0. The van der Waals surface area contributed by atoms with Gasteiger partial charge >= 0.3 is 4.87 Å². The van der Waals surface area contributed by atoms with E-state index >= 15 is 0 Å². The first-order valence-corrected chi connectivity index (χ1v) is 10.4. The third-order valence-electron chi connectivity index (χ3n) is 3.93. The topological polar surface area (TPSA) is 77.4 Å². The Balaban J connectivity index is 1.66. The molecule has 0 fully saturated rings. The van der Waals surface area contributed by atoms with Crippen molar-refractivity contribution < 1.29 is 13.2 Å². The molecule has 0 radical (unpaired) electrons. The van der Waals surface area contributed by atoms with Crippen LogP contribution in [-0.2, 0) is 17.1 Å². The molecule has 0 saturated heterocycles. The lowest BCUT2D eigenvalue weighted by Crippen LogP contribution is -2.28. The van der Waals surface area contributed by atoms with Crippen LogP contribution in [0.1, 0.15) is 11.1 Å². The summed E-state index contributed by atoms with van der Waals surface area (Å²) in [5.41, 5.74) is 2.91. The Morgan fingerprint density at radius 1 is 1.12 bits per heavy atom. The van der Waals surface area contributed by atoms with Gasteiger partial charge in [-0.15, -0.1) is 0 Å². The second-order valence-corrected chi connectivity index (χ2v) is 8.89. The van der Waals surface area contributed by atoms with Crippen LogP contribution in [0.2, 0.25) is 0 Å². The molecular weight excluding hydrogens is 372 g/mol. The maximum atomic E-state index is 12.4. The van der Waals surface area contributed by atoms with E-state index in [0.717, 1.165) is 33.7 Å². The van der Waals surface area contributed by atoms with Crippen LogP contribution in [0.3, 0.4) is 0 Å². The van der Waals surface area contributed by atoms with Crippen molar-refractivity contribution >= 4 is 31.6 Å². The van der Waals surface area contributed by atoms with E-state index in [1.54, 1.807) is 13.1 Å². The number of benzene rings is 2. The summed E-state index contributed by atoms with van der Waals surface area (Å²) in [5, 5.41) is 0. The number of fused-ring (bicyclic) bond motifs is 1. The van der Waals surface area contributed by atoms with Gasteiger partial charge in [-0.3, -0.25) is 4.79 Å². The fraction of sp³-hybridized carbons (Fsp3) is 0.278. The molecule has 0 aliphatic carbocycles. The third kappa shape index (κ3) is 3.98. The normalized spacial score (nSPS) is 11.8. The lowest BCUT2D eigenvalue weighted by Gasteiger charge is -2.10. The quantitative estimate of drug-likeness (QED) is 0.654. The minimum absolute atomic E-state index is 0.121. The molecule has 0 unspecified atom stereocenters. The summed E-state index contributed by atoms with van der Waals surface area (Å²) in [7, 11) is -2.00. The molecule has 3 rings (SSSR count). The highest BCUT2D eigenvalue weighted by molar-refractivity contribution is 7.89. The van der Waals surface area contributed by atoms with E-state index in [1.807, 2.05) is 32.0 Å². The average molecular weight is 393 g/mol. The van der Waals surface area contributed by atoms with Gasteiger partial charge in [0.1, 0.15) is 12.4 Å². The van der Waals surface area contributed by atoms with Crippen LogP contribution in [0.25, 0.3) is 10.2 Å². The van der Waals surface area contributed by atoms with Crippen molar-refractivity contribution in [2.75, 3.05) is 13.2 Å². The minimum atomic E-state index is -3.66. The van der Waals surface area contributed by atoms with Crippen molar-refractivity contribution in [3.05, 3.63) is 57.2 Å². The Bertz CT molecular complexity index is 1090. The van der Waals surface area contributed by atoms with Gasteiger partial charge in [0.25, 0.3) is 0 Å². The zero-order chi connectivity index (χ0) is 18.9. The molecule has 6 nitrogen and oxygen atoms in total. The highest BCUT2D eigenvalue weighted by atomic mass is 32.2. The molecule has 0 aliphatic heterocycles. The number of hydrogen-bond acceptors (Lipinski definition) is 5. The number of rotatable bonds is 6. The molecule has 0 aliphatic rings. The first-order valence-electron chi connectivity index (χ1n) is 8.06. The van der Waals surface area contributed by atoms with E-state index < -0.39 is 10.0 Å². The maximum Gasteiger partial charge on any atom is 0.307 e. The van der Waals surface area contributed by atoms with Gasteiger partial charge in [-0.1, -0.05) is 17.4 Å². The maximum absolute atomic E-state index is 12.4. The van der Waals surface area contributed by atoms with Crippen molar-refractivity contribution in [1.29, 1.82) is 0 Å². The van der Waals surface area contributed by atoms with E-state index in [4.69, 9.17) is 4.74 Å². The zero-order valence-corrected chi connectivity index (χ0v) is 16.4. The predicted octanol–water partition coefficient (Wildman–Crippen LogP) is 2.57. The van der Waals surface area contributed by atoms with Crippen LogP contribution in [0, 0.1) is 13.8 Å². The molecule has 3 aromatic rings. The SMILES string of the molecule is Cc1cc(C)cc(OCCNS(=O)(=O)c2ccc3c(c2)sc(=O)n3C)c1. The number of sulfonamides is 1. The Morgan fingerprint density at radius 3 is 2.50 bits per heavy atom. The van der Waals surface area contributed by atoms with Crippen molar-refractivity contribution in [3.63, 3.8) is 0 Å². The fourth-order valence-corrected chi connectivity index (χ4v) is 4.76. The van der Waals surface area contributed by atoms with Crippen LogP contribution in [0.5, 0.6) is 5.75 Å². The fourth-order valence-electron chi connectivity index (χ4n) is 2.73. The average Bonchev–Trinajstić information content (AvgIpc) is 2.85. The van der Waals surface area contributed by atoms with Gasteiger partial charge in [0.15, 0.2) is 0 Å². The zero-order valence-electron chi connectivity index (χ0n) is 14.8. The second kappa shape index (κ2) is 7.22. The van der Waals surface area contributed by atoms with E-state index in [1.165, 1.54) is 16.7 Å². The Morgan fingerprint density at radius 2 is 1.81 bits per heavy atom. The van der Waals surface area contributed by atoms with E-state index in [2.05, 4.69) is 4.72 Å². The van der Waals surface area contributed by atoms with Gasteiger partial charge in [0, 0.05) is 13.6 Å². The molecule has 0 atom stereocenters. The predicted molar refractivity (Wildman–Crippen MR) is 104 cm³/mol. The molecule has 26 heavy (non-hydrogen) atoms. The van der Waals surface area contributed by atoms with Crippen molar-refractivity contribution in [2.24, 2.45) is 7.05 Å². The molecule has 0 saturated carbocycles. The Labute approximate surface area is 156 Å². The van der Waals surface area contributed by atoms with Crippen molar-refractivity contribution in [3.8, 4) is 5.75 Å². The van der Waals surface area contributed by atoms with Crippen LogP contribution >= 0.6 is 11.3 Å². The lowest BCUT2D eigenvalue weighted by molar-refractivity contribution is 0.322. The number of ether oxygens (including phenoxy) is 1. The van der Waals surface area contributed by atoms with Gasteiger partial charge < -0.3 is 9.30 Å². The van der Waals surface area contributed by atoms with E-state index in [-0.39, 0.29) is 22.9 Å². The molecule has 2 aromatic carbocycles. The number of nitrogens with one attached hydrogen (secondary N) is 1. The summed E-state index contributed by atoms with van der Waals surface area (Å²) in [6, 6.07) is 10.5. The Hall–Kier alpha value is -2.16. The van der Waals surface area contributed by atoms with Crippen LogP contribution in [0.4, 0.5) is 0 Å². The molecule has 8 heteroatoms. The molecular formula is C18H20N2O4S2. The largest absolute Gasteiger partial charge is 0.492 e. The number of thiazole rings is 1. The Kier molecular flexibility index (Phi) is 5.17. The van der Waals surface area contributed by atoms with Crippen molar-refractivity contribution in [2.45, 2.75) is 18.7 Å². The van der Waals surface area contributed by atoms with Crippen LogP contribution in [0.15, 0.2) is 46.1 Å². The summed E-state index contributed by atoms with van der Waals surface area (Å²) >= 11 is 1.03. The third-order valence-corrected chi connectivity index (χ3v) is 6.39. The molecule has 1 N–H and O–H groups in total. The molecule has 0 spiro atoms. The first-order chi connectivity index (χ1) is 12.3. The van der Waals surface area contributed by atoms with Gasteiger partial charge in [0.2, 0.25) is 10.0 Å². The smallest absolute Gasteiger partial charge is 0.307 e. The monoisotopic (exact) mass is 392 g/mol. The molecule has 1 heterocycles. The highest BCUT2D eigenvalue weighted by Gasteiger charge is 2.15. The molecule has 138 valence electrons. The first kappa shape index (κ1) is 18.6. The second-order valence-electron chi connectivity index (χ2n) is 6.13. The van der Waals surface area contributed by atoms with E-state index in [9.17, 15) is 13.2 Å². The van der Waals surface area contributed by atoms with Crippen molar-refractivity contribution in [1.82, 2.24) is 9.29 Å². The summed E-state index contributed by atoms with van der Waals surface area (Å²) in [5.74, 6) is 0.720. The lowest BCUT2D eigenvalue weighted by atomic mass is 10.1. The number of aromatic nitrogens is 1. The number of nitrogens with zero attached hydrogens (tertiary/aromatic N) is 1. The number of aryl methyl sites for hydroxylation is 3. The highest BCUT2D eigenvalue weighted by Crippen LogP contribution is 2.21. The summed E-state index contributed by atoms with van der Waals surface area (Å²) < 4.78 is 35.2. The summed E-state index contributed by atoms with van der Waals surface area (Å²) in [4.78, 5) is 11.7. The molecule has 0 amide bonds. The number of hydrogen-bond donors (Lipinski definition) is 1. The molecule has 1 aromatic heterocycles. The van der Waals surface area contributed by atoms with Crippen LogP contribution < -0.4 is 14.3 Å². The summed E-state index contributed by atoms with van der Waals surface area (Å²) in [6.45, 7) is 4.34. The van der Waals surface area contributed by atoms with Gasteiger partial charge in [0.05, 0.1) is 15.1 Å². The standard InChI is InChI=1S/C18H20N2O4S2/c1-12-8-13(2)10-14(9-12)24-7-6-19-26(22,23)15-4-5-16-17(11-15)25-18(21)20(16)3/h4-5,8-11,19H,6-7H2,1-3H3. The minimum Gasteiger partial charge on any atom is -0.492 e. The van der Waals surface area contributed by atoms with Crippen LogP contribution in [-0.4, -0.2) is 26.1 Å². The molecule has 0 bridgehead atoms.